The Bertz CT molecular complexity index is 724. The quantitative estimate of drug-likeness (QED) is 0.367. The van der Waals surface area contributed by atoms with Crippen molar-refractivity contribution in [1.82, 2.24) is 10.6 Å². The van der Waals surface area contributed by atoms with Gasteiger partial charge >= 0.3 is 0 Å². The van der Waals surface area contributed by atoms with Gasteiger partial charge in [0.05, 0.1) is 17.5 Å². The number of aliphatic imine (C=N–C) groups is 1. The van der Waals surface area contributed by atoms with Crippen LogP contribution in [0.25, 0.3) is 0 Å². The summed E-state index contributed by atoms with van der Waals surface area (Å²) in [7, 11) is 0. The number of nitro benzene ring substituents is 1. The average Bonchev–Trinajstić information content (AvgIpc) is 2.99. The van der Waals surface area contributed by atoms with E-state index >= 15 is 0 Å². The average molecular weight is 330 g/mol. The van der Waals surface area contributed by atoms with Crippen molar-refractivity contribution >= 4 is 11.6 Å². The molecule has 128 valence electrons. The van der Waals surface area contributed by atoms with Crippen LogP contribution in [0.5, 0.6) is 0 Å². The van der Waals surface area contributed by atoms with Crippen molar-refractivity contribution < 1.29 is 9.34 Å². The molecule has 0 radical (unpaired) electrons. The second-order valence-corrected chi connectivity index (χ2v) is 5.44. The van der Waals surface area contributed by atoms with E-state index in [9.17, 15) is 10.1 Å². The van der Waals surface area contributed by atoms with Gasteiger partial charge in [0.25, 0.3) is 5.69 Å². The Hall–Kier alpha value is -2.83. The molecule has 1 atom stereocenters. The lowest BCUT2D eigenvalue weighted by molar-refractivity contribution is -0.384. The first-order chi connectivity index (χ1) is 11.5. The second kappa shape index (κ2) is 8.14. The number of nitrogens with zero attached hydrogens (tertiary/aromatic N) is 2. The molecule has 2 rings (SSSR count). The fourth-order valence-electron chi connectivity index (χ4n) is 2.22. The van der Waals surface area contributed by atoms with E-state index in [0.717, 1.165) is 17.1 Å². The summed E-state index contributed by atoms with van der Waals surface area (Å²) in [6.07, 6.45) is 0. The van der Waals surface area contributed by atoms with Crippen LogP contribution < -0.4 is 10.6 Å². The molecule has 0 saturated carbocycles. The first kappa shape index (κ1) is 17.5. The van der Waals surface area contributed by atoms with Gasteiger partial charge in [0.2, 0.25) is 0 Å². The summed E-state index contributed by atoms with van der Waals surface area (Å²) in [6.45, 7) is 6.92. The van der Waals surface area contributed by atoms with Gasteiger partial charge in [-0.2, -0.15) is 0 Å². The summed E-state index contributed by atoms with van der Waals surface area (Å²) < 4.78 is 5.61. The molecular formula is C17H22N4O3. The summed E-state index contributed by atoms with van der Waals surface area (Å²) in [5.41, 5.74) is 0.850. The number of hydrogen-bond acceptors (Lipinski definition) is 4. The van der Waals surface area contributed by atoms with Crippen molar-refractivity contribution in [2.45, 2.75) is 33.4 Å². The van der Waals surface area contributed by atoms with Gasteiger partial charge in [0.15, 0.2) is 5.96 Å². The van der Waals surface area contributed by atoms with Gasteiger partial charge in [-0.3, -0.25) is 10.1 Å². The largest absolute Gasteiger partial charge is 0.464 e. The van der Waals surface area contributed by atoms with Crippen molar-refractivity contribution in [2.24, 2.45) is 4.99 Å². The number of aryl methyl sites for hydroxylation is 1. The van der Waals surface area contributed by atoms with E-state index in [1.807, 2.05) is 39.0 Å². The lowest BCUT2D eigenvalue weighted by Gasteiger charge is -2.16. The lowest BCUT2D eigenvalue weighted by atomic mass is 10.2. The highest BCUT2D eigenvalue weighted by Gasteiger charge is 2.11. The molecule has 2 N–H and O–H groups in total. The third-order valence-corrected chi connectivity index (χ3v) is 3.43. The molecule has 7 nitrogen and oxygen atoms in total. The number of guanidine groups is 1. The van der Waals surface area contributed by atoms with E-state index in [1.54, 1.807) is 6.07 Å². The van der Waals surface area contributed by atoms with Crippen molar-refractivity contribution in [3.05, 3.63) is 63.6 Å². The van der Waals surface area contributed by atoms with Crippen molar-refractivity contribution in [3.8, 4) is 0 Å². The fourth-order valence-corrected chi connectivity index (χ4v) is 2.22. The lowest BCUT2D eigenvalue weighted by Crippen LogP contribution is -2.38. The number of hydrogen-bond donors (Lipinski definition) is 2. The molecule has 2 aromatic rings. The van der Waals surface area contributed by atoms with Gasteiger partial charge in [-0.15, -0.1) is 0 Å². The third kappa shape index (κ3) is 4.84. The Morgan fingerprint density at radius 2 is 2.17 bits per heavy atom. The van der Waals surface area contributed by atoms with E-state index < -0.39 is 4.92 Å². The van der Waals surface area contributed by atoms with Gasteiger partial charge < -0.3 is 15.1 Å². The molecule has 0 amide bonds. The van der Waals surface area contributed by atoms with Crippen molar-refractivity contribution in [2.75, 3.05) is 6.54 Å². The third-order valence-electron chi connectivity index (χ3n) is 3.43. The Morgan fingerprint density at radius 1 is 1.38 bits per heavy atom. The summed E-state index contributed by atoms with van der Waals surface area (Å²) in [4.78, 5) is 14.9. The van der Waals surface area contributed by atoms with Crippen LogP contribution in [0.15, 0.2) is 45.8 Å². The first-order valence-corrected chi connectivity index (χ1v) is 7.84. The highest BCUT2D eigenvalue weighted by molar-refractivity contribution is 5.80. The zero-order valence-electron chi connectivity index (χ0n) is 14.1. The number of benzene rings is 1. The van der Waals surface area contributed by atoms with Gasteiger partial charge in [-0.05, 0) is 38.5 Å². The maximum Gasteiger partial charge on any atom is 0.269 e. The van der Waals surface area contributed by atoms with Gasteiger partial charge in [0, 0.05) is 18.7 Å². The summed E-state index contributed by atoms with van der Waals surface area (Å²) >= 11 is 0. The number of rotatable bonds is 6. The van der Waals surface area contributed by atoms with Crippen LogP contribution in [0, 0.1) is 17.0 Å². The standard InChI is InChI=1S/C17H22N4O3/c1-4-18-17(20-13(3)16-9-8-12(2)24-16)19-11-14-6-5-7-15(10-14)21(22)23/h5-10,13H,4,11H2,1-3H3,(H2,18,19,20). The van der Waals surface area contributed by atoms with Crippen LogP contribution in [0.1, 0.15) is 37.0 Å². The van der Waals surface area contributed by atoms with Crippen LogP contribution in [-0.2, 0) is 6.54 Å². The molecule has 0 aliphatic rings. The van der Waals surface area contributed by atoms with Crippen LogP contribution in [-0.4, -0.2) is 17.4 Å². The predicted molar refractivity (Wildman–Crippen MR) is 92.9 cm³/mol. The molecule has 1 aromatic carbocycles. The maximum absolute atomic E-state index is 10.8. The van der Waals surface area contributed by atoms with Crippen molar-refractivity contribution in [3.63, 3.8) is 0 Å². The molecular weight excluding hydrogens is 308 g/mol. The summed E-state index contributed by atoms with van der Waals surface area (Å²) in [5, 5.41) is 17.3. The van der Waals surface area contributed by atoms with Crippen LogP contribution in [0.3, 0.4) is 0 Å². The van der Waals surface area contributed by atoms with Gasteiger partial charge in [-0.25, -0.2) is 4.99 Å². The highest BCUT2D eigenvalue weighted by Crippen LogP contribution is 2.16. The second-order valence-electron chi connectivity index (χ2n) is 5.44. The van der Waals surface area contributed by atoms with Crippen LogP contribution in [0.4, 0.5) is 5.69 Å². The molecule has 0 bridgehead atoms. The predicted octanol–water partition coefficient (Wildman–Crippen LogP) is 3.31. The molecule has 1 unspecified atom stereocenters. The summed E-state index contributed by atoms with van der Waals surface area (Å²) in [5.74, 6) is 2.32. The van der Waals surface area contributed by atoms with E-state index in [1.165, 1.54) is 12.1 Å². The topological polar surface area (TPSA) is 92.7 Å². The molecule has 1 heterocycles. The molecule has 7 heteroatoms. The minimum absolute atomic E-state index is 0.0402. The number of furan rings is 1. The van der Waals surface area contributed by atoms with E-state index in [-0.39, 0.29) is 11.7 Å². The molecule has 0 spiro atoms. The van der Waals surface area contributed by atoms with Crippen LogP contribution in [0.2, 0.25) is 0 Å². The fraction of sp³-hybridized carbons (Fsp3) is 0.353. The minimum atomic E-state index is -0.405. The van der Waals surface area contributed by atoms with E-state index in [2.05, 4.69) is 15.6 Å². The normalized spacial score (nSPS) is 12.7. The minimum Gasteiger partial charge on any atom is -0.464 e. The van der Waals surface area contributed by atoms with Gasteiger partial charge in [0.1, 0.15) is 11.5 Å². The zero-order chi connectivity index (χ0) is 17.5. The molecule has 24 heavy (non-hydrogen) atoms. The molecule has 0 fully saturated rings. The molecule has 0 aliphatic carbocycles. The Balaban J connectivity index is 2.07. The maximum atomic E-state index is 10.8. The Kier molecular flexibility index (Phi) is 5.95. The Morgan fingerprint density at radius 3 is 2.79 bits per heavy atom. The number of nitrogens with one attached hydrogen (secondary N) is 2. The zero-order valence-corrected chi connectivity index (χ0v) is 14.1. The van der Waals surface area contributed by atoms with E-state index in [0.29, 0.717) is 19.0 Å². The Labute approximate surface area is 140 Å². The first-order valence-electron chi connectivity index (χ1n) is 7.84. The van der Waals surface area contributed by atoms with Crippen LogP contribution >= 0.6 is 0 Å². The molecule has 1 aromatic heterocycles. The SMILES string of the molecule is CCNC(=NCc1cccc([N+](=O)[O-])c1)NC(C)c1ccc(C)o1. The number of nitro groups is 1. The number of non-ortho nitro benzene ring substituents is 1. The monoisotopic (exact) mass is 330 g/mol. The highest BCUT2D eigenvalue weighted by atomic mass is 16.6. The van der Waals surface area contributed by atoms with Gasteiger partial charge in [-0.1, -0.05) is 12.1 Å². The smallest absolute Gasteiger partial charge is 0.269 e. The van der Waals surface area contributed by atoms with E-state index in [4.69, 9.17) is 4.42 Å². The summed E-state index contributed by atoms with van der Waals surface area (Å²) in [6, 6.07) is 10.3. The van der Waals surface area contributed by atoms with Crippen molar-refractivity contribution in [1.29, 1.82) is 0 Å². The molecule has 0 aliphatic heterocycles. The molecule has 0 saturated heterocycles.